The van der Waals surface area contributed by atoms with Crippen molar-refractivity contribution in [2.75, 3.05) is 5.32 Å². The predicted molar refractivity (Wildman–Crippen MR) is 90.7 cm³/mol. The lowest BCUT2D eigenvalue weighted by Crippen LogP contribution is -2.12. The Balaban J connectivity index is 1.56. The summed E-state index contributed by atoms with van der Waals surface area (Å²) in [7, 11) is 0. The van der Waals surface area contributed by atoms with Crippen LogP contribution in [-0.4, -0.2) is 21.0 Å². The minimum absolute atomic E-state index is 0.143. The van der Waals surface area contributed by atoms with Crippen molar-refractivity contribution in [1.29, 1.82) is 0 Å². The molecule has 0 aliphatic rings. The molecule has 24 heavy (non-hydrogen) atoms. The second-order valence-electron chi connectivity index (χ2n) is 5.27. The van der Waals surface area contributed by atoms with Gasteiger partial charge in [0.15, 0.2) is 0 Å². The Kier molecular flexibility index (Phi) is 4.86. The van der Waals surface area contributed by atoms with Crippen molar-refractivity contribution in [2.45, 2.75) is 19.8 Å². The molecule has 0 unspecified atom stereocenters. The lowest BCUT2D eigenvalue weighted by Gasteiger charge is -2.06. The van der Waals surface area contributed by atoms with Crippen LogP contribution in [0.15, 0.2) is 47.2 Å². The van der Waals surface area contributed by atoms with Gasteiger partial charge in [-0.25, -0.2) is 0 Å². The molecule has 3 aromatic rings. The highest BCUT2D eigenvalue weighted by Crippen LogP contribution is 2.20. The maximum absolute atomic E-state index is 12.0. The second kappa shape index (κ2) is 7.23. The van der Waals surface area contributed by atoms with Crippen molar-refractivity contribution < 1.29 is 9.32 Å². The van der Waals surface area contributed by atoms with E-state index in [0.29, 0.717) is 28.8 Å². The lowest BCUT2D eigenvalue weighted by molar-refractivity contribution is -0.116. The maximum Gasteiger partial charge on any atom is 0.227 e. The first-order valence-corrected chi connectivity index (χ1v) is 7.78. The van der Waals surface area contributed by atoms with Crippen LogP contribution in [0.4, 0.5) is 5.69 Å². The molecular weight excluding hydrogens is 328 g/mol. The third kappa shape index (κ3) is 3.97. The molecule has 0 atom stereocenters. The Bertz CT molecular complexity index is 849. The number of carbonyl (C=O) groups is 1. The zero-order valence-corrected chi connectivity index (χ0v) is 13.7. The van der Waals surface area contributed by atoms with Crippen molar-refractivity contribution in [3.63, 3.8) is 0 Å². The third-order valence-corrected chi connectivity index (χ3v) is 3.82. The van der Waals surface area contributed by atoms with Crippen molar-refractivity contribution in [3.05, 3.63) is 59.2 Å². The van der Waals surface area contributed by atoms with Crippen molar-refractivity contribution >= 4 is 23.2 Å². The zero-order valence-electron chi connectivity index (χ0n) is 13.0. The summed E-state index contributed by atoms with van der Waals surface area (Å²) >= 11 is 6.04. The molecule has 1 N–H and O–H groups in total. The quantitative estimate of drug-likeness (QED) is 0.765. The number of hydrogen-bond acceptors (Lipinski definition) is 5. The van der Waals surface area contributed by atoms with Gasteiger partial charge in [0.2, 0.25) is 17.6 Å². The first-order chi connectivity index (χ1) is 11.6. The van der Waals surface area contributed by atoms with Crippen LogP contribution in [0.25, 0.3) is 11.4 Å². The SMILES string of the molecule is Cc1ccc(NC(=O)CCc2nc(-c3cccnc3)no2)cc1Cl. The summed E-state index contributed by atoms with van der Waals surface area (Å²) in [6.07, 6.45) is 3.92. The van der Waals surface area contributed by atoms with Gasteiger partial charge in [-0.05, 0) is 36.8 Å². The van der Waals surface area contributed by atoms with E-state index in [1.807, 2.05) is 25.1 Å². The molecule has 122 valence electrons. The summed E-state index contributed by atoms with van der Waals surface area (Å²) in [5.41, 5.74) is 2.40. The van der Waals surface area contributed by atoms with E-state index in [9.17, 15) is 4.79 Å². The van der Waals surface area contributed by atoms with E-state index < -0.39 is 0 Å². The molecule has 0 bridgehead atoms. The monoisotopic (exact) mass is 342 g/mol. The van der Waals surface area contributed by atoms with Crippen LogP contribution >= 0.6 is 11.6 Å². The van der Waals surface area contributed by atoms with Gasteiger partial charge in [0.25, 0.3) is 0 Å². The van der Waals surface area contributed by atoms with Gasteiger partial charge in [0.05, 0.1) is 0 Å². The van der Waals surface area contributed by atoms with E-state index in [-0.39, 0.29) is 12.3 Å². The molecule has 6 nitrogen and oxygen atoms in total. The fourth-order valence-corrected chi connectivity index (χ4v) is 2.26. The molecule has 3 rings (SSSR count). The number of anilines is 1. The number of nitrogens with one attached hydrogen (secondary N) is 1. The van der Waals surface area contributed by atoms with Gasteiger partial charge in [0, 0.05) is 41.5 Å². The average molecular weight is 343 g/mol. The smallest absolute Gasteiger partial charge is 0.227 e. The molecule has 2 heterocycles. The Morgan fingerprint density at radius 3 is 2.96 bits per heavy atom. The number of benzene rings is 1. The summed E-state index contributed by atoms with van der Waals surface area (Å²) in [4.78, 5) is 20.3. The van der Waals surface area contributed by atoms with E-state index in [4.69, 9.17) is 16.1 Å². The fourth-order valence-electron chi connectivity index (χ4n) is 2.08. The van der Waals surface area contributed by atoms with Crippen LogP contribution in [0.1, 0.15) is 17.9 Å². The standard InChI is InChI=1S/C17H15ClN4O2/c1-11-4-5-13(9-14(11)18)20-15(23)6-7-16-21-17(22-24-16)12-3-2-8-19-10-12/h2-5,8-10H,6-7H2,1H3,(H,20,23). The highest BCUT2D eigenvalue weighted by Gasteiger charge is 2.11. The van der Waals surface area contributed by atoms with E-state index >= 15 is 0 Å². The number of pyridine rings is 1. The summed E-state index contributed by atoms with van der Waals surface area (Å²) in [5.74, 6) is 0.728. The van der Waals surface area contributed by atoms with Crippen LogP contribution in [0.5, 0.6) is 0 Å². The van der Waals surface area contributed by atoms with E-state index in [0.717, 1.165) is 11.1 Å². The first-order valence-electron chi connectivity index (χ1n) is 7.41. The molecule has 0 radical (unpaired) electrons. The van der Waals surface area contributed by atoms with Gasteiger partial charge in [-0.15, -0.1) is 0 Å². The molecular formula is C17H15ClN4O2. The number of aromatic nitrogens is 3. The van der Waals surface area contributed by atoms with Crippen LogP contribution in [0.3, 0.4) is 0 Å². The van der Waals surface area contributed by atoms with Crippen LogP contribution in [0, 0.1) is 6.92 Å². The molecule has 2 aromatic heterocycles. The number of rotatable bonds is 5. The van der Waals surface area contributed by atoms with Crippen molar-refractivity contribution in [1.82, 2.24) is 15.1 Å². The normalized spacial score (nSPS) is 10.6. The Morgan fingerprint density at radius 2 is 2.21 bits per heavy atom. The number of aryl methyl sites for hydroxylation is 2. The highest BCUT2D eigenvalue weighted by atomic mass is 35.5. The highest BCUT2D eigenvalue weighted by molar-refractivity contribution is 6.31. The van der Waals surface area contributed by atoms with Gasteiger partial charge in [-0.3, -0.25) is 9.78 Å². The second-order valence-corrected chi connectivity index (χ2v) is 5.67. The summed E-state index contributed by atoms with van der Waals surface area (Å²) in [6.45, 7) is 1.91. The summed E-state index contributed by atoms with van der Waals surface area (Å²) in [6, 6.07) is 9.03. The minimum Gasteiger partial charge on any atom is -0.339 e. The maximum atomic E-state index is 12.0. The minimum atomic E-state index is -0.143. The van der Waals surface area contributed by atoms with Crippen molar-refractivity contribution in [2.24, 2.45) is 0 Å². The number of halogens is 1. The van der Waals surface area contributed by atoms with Gasteiger partial charge in [-0.2, -0.15) is 4.98 Å². The molecule has 0 saturated carbocycles. The predicted octanol–water partition coefficient (Wildman–Crippen LogP) is 3.66. The van der Waals surface area contributed by atoms with Crippen LogP contribution in [-0.2, 0) is 11.2 Å². The van der Waals surface area contributed by atoms with Gasteiger partial charge in [0.1, 0.15) is 0 Å². The lowest BCUT2D eigenvalue weighted by atomic mass is 10.2. The molecule has 0 aliphatic heterocycles. The Hall–Kier alpha value is -2.73. The summed E-state index contributed by atoms with van der Waals surface area (Å²) < 4.78 is 5.16. The number of nitrogens with zero attached hydrogens (tertiary/aromatic N) is 3. The van der Waals surface area contributed by atoms with E-state index in [1.165, 1.54) is 0 Å². The van der Waals surface area contributed by atoms with Gasteiger partial charge in [-0.1, -0.05) is 22.8 Å². The molecule has 7 heteroatoms. The molecule has 1 amide bonds. The third-order valence-electron chi connectivity index (χ3n) is 3.41. The summed E-state index contributed by atoms with van der Waals surface area (Å²) in [5, 5.41) is 7.31. The van der Waals surface area contributed by atoms with E-state index in [1.54, 1.807) is 24.5 Å². The molecule has 0 spiro atoms. The fraction of sp³-hybridized carbons (Fsp3) is 0.176. The number of hydrogen-bond donors (Lipinski definition) is 1. The molecule has 1 aromatic carbocycles. The van der Waals surface area contributed by atoms with Crippen molar-refractivity contribution in [3.8, 4) is 11.4 Å². The average Bonchev–Trinajstić information content (AvgIpc) is 3.06. The van der Waals surface area contributed by atoms with E-state index in [2.05, 4.69) is 20.4 Å². The molecule has 0 saturated heterocycles. The topological polar surface area (TPSA) is 80.9 Å². The molecule has 0 aliphatic carbocycles. The van der Waals surface area contributed by atoms with Gasteiger partial charge >= 0.3 is 0 Å². The Morgan fingerprint density at radius 1 is 1.33 bits per heavy atom. The van der Waals surface area contributed by atoms with Gasteiger partial charge < -0.3 is 9.84 Å². The van der Waals surface area contributed by atoms with Crippen LogP contribution in [0.2, 0.25) is 5.02 Å². The Labute approximate surface area is 143 Å². The zero-order chi connectivity index (χ0) is 16.9. The van der Waals surface area contributed by atoms with Crippen LogP contribution < -0.4 is 5.32 Å². The largest absolute Gasteiger partial charge is 0.339 e. The first kappa shape index (κ1) is 16.1. The molecule has 0 fully saturated rings. The number of amides is 1. The number of carbonyl (C=O) groups excluding carboxylic acids is 1.